The summed E-state index contributed by atoms with van der Waals surface area (Å²) >= 11 is 0. The first-order chi connectivity index (χ1) is 13.3. The van der Waals surface area contributed by atoms with Crippen LogP contribution in [-0.4, -0.2) is 31.9 Å². The van der Waals surface area contributed by atoms with Crippen LogP contribution in [0.5, 0.6) is 0 Å². The van der Waals surface area contributed by atoms with Gasteiger partial charge in [0.1, 0.15) is 0 Å². The summed E-state index contributed by atoms with van der Waals surface area (Å²) in [6.07, 6.45) is 2.33. The lowest BCUT2D eigenvalue weighted by molar-refractivity contribution is 0.00578. The van der Waals surface area contributed by atoms with Crippen LogP contribution in [0.4, 0.5) is 0 Å². The molecule has 0 saturated carbocycles. The van der Waals surface area contributed by atoms with Crippen LogP contribution in [0, 0.1) is 0 Å². The molecular weight excluding hydrogens is 357 g/mol. The number of hydrogen-bond donors (Lipinski definition) is 1. The summed E-state index contributed by atoms with van der Waals surface area (Å²) in [7, 11) is 1.64. The van der Waals surface area contributed by atoms with E-state index in [4.69, 9.17) is 9.31 Å². The van der Waals surface area contributed by atoms with Crippen molar-refractivity contribution < 1.29 is 9.31 Å². The van der Waals surface area contributed by atoms with Gasteiger partial charge < -0.3 is 14.6 Å². The summed E-state index contributed by atoms with van der Waals surface area (Å²) in [6, 6.07) is 4.79. The van der Waals surface area contributed by atoms with Gasteiger partial charge in [-0.25, -0.2) is 0 Å². The fourth-order valence-electron chi connectivity index (χ4n) is 3.76. The van der Waals surface area contributed by atoms with Crippen LogP contribution in [0.2, 0.25) is 0 Å². The first kappa shape index (κ1) is 24.2. The average molecular weight is 399 g/mol. The molecule has 0 spiro atoms. The van der Waals surface area contributed by atoms with Crippen LogP contribution >= 0.6 is 0 Å². The van der Waals surface area contributed by atoms with E-state index in [0.717, 1.165) is 12.0 Å². The van der Waals surface area contributed by atoms with E-state index in [2.05, 4.69) is 92.8 Å². The molecule has 0 atom stereocenters. The van der Waals surface area contributed by atoms with E-state index in [0.29, 0.717) is 17.8 Å². The van der Waals surface area contributed by atoms with E-state index in [1.165, 1.54) is 22.3 Å². The molecule has 1 aliphatic rings. The predicted molar refractivity (Wildman–Crippen MR) is 127 cm³/mol. The Balaban J connectivity index is 2.64. The van der Waals surface area contributed by atoms with Crippen LogP contribution < -0.4 is 5.32 Å². The molecule has 29 heavy (non-hydrogen) atoms. The minimum absolute atomic E-state index is 0.336. The van der Waals surface area contributed by atoms with Crippen molar-refractivity contribution in [2.45, 2.75) is 98.2 Å². The summed E-state index contributed by atoms with van der Waals surface area (Å²) < 4.78 is 12.8. The van der Waals surface area contributed by atoms with E-state index in [9.17, 15) is 0 Å². The fraction of sp³-hybridized carbons (Fsp3) is 0.680. The lowest BCUT2D eigenvalue weighted by Crippen LogP contribution is -2.41. The SMILES string of the molecule is CNCC(=Cc1c(C(C)C)cc(C(C)C)cc1C(C)C)B1OC(C)(C)C(C)(C)O1. The molecule has 4 heteroatoms. The van der Waals surface area contributed by atoms with Crippen molar-refractivity contribution in [3.05, 3.63) is 39.9 Å². The molecule has 1 heterocycles. The number of rotatable bonds is 7. The zero-order chi connectivity index (χ0) is 22.1. The van der Waals surface area contributed by atoms with Gasteiger partial charge in [-0.3, -0.25) is 0 Å². The molecule has 162 valence electrons. The molecule has 0 amide bonds. The lowest BCUT2D eigenvalue weighted by Gasteiger charge is -2.32. The Morgan fingerprint density at radius 2 is 1.34 bits per heavy atom. The molecule has 0 radical (unpaired) electrons. The number of likely N-dealkylation sites (N-methyl/N-ethyl adjacent to an activating group) is 1. The van der Waals surface area contributed by atoms with Crippen LogP contribution in [0.15, 0.2) is 17.6 Å². The maximum atomic E-state index is 6.38. The third-order valence-electron chi connectivity index (χ3n) is 6.44. The standard InChI is InChI=1S/C25H42BNO2/c1-16(2)19-12-21(17(3)4)23(22(13-19)18(5)6)14-20(15-27-11)26-28-24(7,8)25(9,10)29-26/h12-14,16-18,27H,15H2,1-11H3. The Kier molecular flexibility index (Phi) is 7.46. The second-order valence-corrected chi connectivity index (χ2v) is 10.4. The fourth-order valence-corrected chi connectivity index (χ4v) is 3.76. The van der Waals surface area contributed by atoms with Gasteiger partial charge in [0.05, 0.1) is 11.2 Å². The Labute approximate surface area is 179 Å². The monoisotopic (exact) mass is 399 g/mol. The molecule has 3 nitrogen and oxygen atoms in total. The van der Waals surface area contributed by atoms with Crippen molar-refractivity contribution in [3.63, 3.8) is 0 Å². The van der Waals surface area contributed by atoms with Gasteiger partial charge in [-0.2, -0.15) is 0 Å². The maximum Gasteiger partial charge on any atom is 0.491 e. The minimum Gasteiger partial charge on any atom is -0.400 e. The van der Waals surface area contributed by atoms with Crippen molar-refractivity contribution in [3.8, 4) is 0 Å². The average Bonchev–Trinajstić information content (AvgIpc) is 2.81. The summed E-state index contributed by atoms with van der Waals surface area (Å²) in [5.74, 6) is 1.42. The van der Waals surface area contributed by atoms with E-state index < -0.39 is 0 Å². The summed E-state index contributed by atoms with van der Waals surface area (Å²) in [4.78, 5) is 0. The Hall–Kier alpha value is -1.10. The van der Waals surface area contributed by atoms with Crippen LogP contribution in [0.3, 0.4) is 0 Å². The third kappa shape index (κ3) is 5.15. The highest BCUT2D eigenvalue weighted by atomic mass is 16.7. The van der Waals surface area contributed by atoms with E-state index in [1.54, 1.807) is 0 Å². The number of hydrogen-bond acceptors (Lipinski definition) is 3. The van der Waals surface area contributed by atoms with Crippen LogP contribution in [-0.2, 0) is 9.31 Å². The molecular formula is C25H42BNO2. The lowest BCUT2D eigenvalue weighted by atomic mass is 9.75. The molecule has 2 rings (SSSR count). The van der Waals surface area contributed by atoms with Gasteiger partial charge in [0, 0.05) is 6.54 Å². The van der Waals surface area contributed by atoms with E-state index in [1.807, 2.05) is 7.05 Å². The molecule has 1 fully saturated rings. The number of benzene rings is 1. The maximum absolute atomic E-state index is 6.38. The van der Waals surface area contributed by atoms with Gasteiger partial charge in [-0.15, -0.1) is 0 Å². The van der Waals surface area contributed by atoms with E-state index >= 15 is 0 Å². The third-order valence-corrected chi connectivity index (χ3v) is 6.44. The topological polar surface area (TPSA) is 30.5 Å². The van der Waals surface area contributed by atoms with Gasteiger partial charge in [0.25, 0.3) is 0 Å². The van der Waals surface area contributed by atoms with Crippen LogP contribution in [0.1, 0.15) is 109 Å². The molecule has 1 aromatic carbocycles. The van der Waals surface area contributed by atoms with Crippen molar-refractivity contribution in [2.24, 2.45) is 0 Å². The van der Waals surface area contributed by atoms with E-state index in [-0.39, 0.29) is 18.3 Å². The summed E-state index contributed by atoms with van der Waals surface area (Å²) in [5.41, 5.74) is 6.03. The molecule has 0 unspecified atom stereocenters. The summed E-state index contributed by atoms with van der Waals surface area (Å²) in [5, 5.41) is 3.32. The summed E-state index contributed by atoms with van der Waals surface area (Å²) in [6.45, 7) is 22.9. The quantitative estimate of drug-likeness (QED) is 0.547. The van der Waals surface area contributed by atoms with Crippen molar-refractivity contribution in [1.82, 2.24) is 5.32 Å². The Bertz CT molecular complexity index is 702. The van der Waals surface area contributed by atoms with Gasteiger partial charge in [-0.1, -0.05) is 59.8 Å². The second-order valence-electron chi connectivity index (χ2n) is 10.4. The Morgan fingerprint density at radius 3 is 1.69 bits per heavy atom. The first-order valence-electron chi connectivity index (χ1n) is 11.2. The number of nitrogens with one attached hydrogen (secondary N) is 1. The van der Waals surface area contributed by atoms with Crippen molar-refractivity contribution in [1.29, 1.82) is 0 Å². The minimum atomic E-state index is -0.340. The molecule has 0 aliphatic carbocycles. The smallest absolute Gasteiger partial charge is 0.400 e. The second kappa shape index (κ2) is 8.95. The van der Waals surface area contributed by atoms with Crippen molar-refractivity contribution in [2.75, 3.05) is 13.6 Å². The van der Waals surface area contributed by atoms with Gasteiger partial charge in [0.2, 0.25) is 0 Å². The molecule has 1 saturated heterocycles. The van der Waals surface area contributed by atoms with Gasteiger partial charge in [-0.05, 0) is 80.2 Å². The predicted octanol–water partition coefficient (Wildman–Crippen LogP) is 6.29. The normalized spacial score (nSPS) is 19.1. The largest absolute Gasteiger partial charge is 0.491 e. The molecule has 0 bridgehead atoms. The first-order valence-corrected chi connectivity index (χ1v) is 11.2. The van der Waals surface area contributed by atoms with Crippen molar-refractivity contribution >= 4 is 13.2 Å². The Morgan fingerprint density at radius 1 is 0.897 bits per heavy atom. The van der Waals surface area contributed by atoms with Gasteiger partial charge in [0.15, 0.2) is 0 Å². The zero-order valence-corrected chi connectivity index (χ0v) is 20.6. The highest BCUT2D eigenvalue weighted by molar-refractivity contribution is 6.56. The molecule has 1 aliphatic heterocycles. The highest BCUT2D eigenvalue weighted by Gasteiger charge is 2.52. The zero-order valence-electron chi connectivity index (χ0n) is 20.6. The molecule has 0 aromatic heterocycles. The van der Waals surface area contributed by atoms with Crippen LogP contribution in [0.25, 0.3) is 6.08 Å². The van der Waals surface area contributed by atoms with Gasteiger partial charge >= 0.3 is 7.12 Å². The highest BCUT2D eigenvalue weighted by Crippen LogP contribution is 2.40. The molecule has 1 N–H and O–H groups in total. The molecule has 1 aromatic rings.